The predicted molar refractivity (Wildman–Crippen MR) is 110 cm³/mol. The summed E-state index contributed by atoms with van der Waals surface area (Å²) in [7, 11) is 1.61. The van der Waals surface area contributed by atoms with Gasteiger partial charge in [0.2, 0.25) is 0 Å². The van der Waals surface area contributed by atoms with Crippen LogP contribution in [-0.2, 0) is 0 Å². The first-order chi connectivity index (χ1) is 13.5. The number of nitrogens with zero attached hydrogens (tertiary/aromatic N) is 1. The fourth-order valence-corrected chi connectivity index (χ4v) is 2.69. The number of aryl methyl sites for hydroxylation is 1. The van der Waals surface area contributed by atoms with Gasteiger partial charge in [-0.3, -0.25) is 14.6 Å². The largest absolute Gasteiger partial charge is 0.495 e. The quantitative estimate of drug-likeness (QED) is 0.616. The zero-order valence-corrected chi connectivity index (χ0v) is 15.9. The number of rotatable bonds is 6. The molecular weight excluding hydrogens is 354 g/mol. The number of hydrogen-bond acceptors (Lipinski definition) is 5. The summed E-state index contributed by atoms with van der Waals surface area (Å²) < 4.78 is 5.37. The summed E-state index contributed by atoms with van der Waals surface area (Å²) in [6, 6.07) is 16.0. The van der Waals surface area contributed by atoms with Crippen LogP contribution in [0.4, 0.5) is 17.1 Å². The first-order valence-electron chi connectivity index (χ1n) is 8.76. The Hall–Kier alpha value is -3.67. The highest BCUT2D eigenvalue weighted by Crippen LogP contribution is 2.28. The molecule has 3 rings (SSSR count). The molecule has 0 saturated carbocycles. The Morgan fingerprint density at radius 2 is 1.71 bits per heavy atom. The Morgan fingerprint density at radius 3 is 2.39 bits per heavy atom. The van der Waals surface area contributed by atoms with Crippen LogP contribution in [0.3, 0.4) is 0 Å². The van der Waals surface area contributed by atoms with E-state index in [4.69, 9.17) is 4.74 Å². The maximum absolute atomic E-state index is 12.5. The number of carbonyl (C=O) groups is 2. The van der Waals surface area contributed by atoms with E-state index >= 15 is 0 Å². The van der Waals surface area contributed by atoms with E-state index in [0.29, 0.717) is 17.0 Å². The molecule has 0 aliphatic heterocycles. The van der Waals surface area contributed by atoms with Crippen LogP contribution < -0.4 is 15.4 Å². The van der Waals surface area contributed by atoms with E-state index in [1.807, 2.05) is 25.1 Å². The Kier molecular flexibility index (Phi) is 5.69. The molecule has 28 heavy (non-hydrogen) atoms. The predicted octanol–water partition coefficient (Wildman–Crippen LogP) is 4.60. The van der Waals surface area contributed by atoms with Gasteiger partial charge in [0.15, 0.2) is 5.78 Å². The van der Waals surface area contributed by atoms with Gasteiger partial charge in [0.05, 0.1) is 12.8 Å². The first-order valence-corrected chi connectivity index (χ1v) is 8.76. The van der Waals surface area contributed by atoms with Crippen molar-refractivity contribution in [3.8, 4) is 5.75 Å². The number of aromatic nitrogens is 1. The summed E-state index contributed by atoms with van der Waals surface area (Å²) >= 11 is 0. The fourth-order valence-electron chi connectivity index (χ4n) is 2.69. The van der Waals surface area contributed by atoms with Gasteiger partial charge in [-0.25, -0.2) is 0 Å². The number of ether oxygens (including phenoxy) is 1. The highest BCUT2D eigenvalue weighted by molar-refractivity contribution is 6.03. The fraction of sp³-hybridized carbons (Fsp3) is 0.136. The SMILES string of the molecule is COc1ccc(C)cc1Nc1ccnc(C(=O)Nc2ccc(C(C)=O)cc2)c1. The molecular formula is C22H21N3O3. The van der Waals surface area contributed by atoms with Gasteiger partial charge in [0.1, 0.15) is 11.4 Å². The minimum atomic E-state index is -0.338. The number of hydrogen-bond donors (Lipinski definition) is 2. The molecule has 3 aromatic rings. The molecule has 0 saturated heterocycles. The van der Waals surface area contributed by atoms with Gasteiger partial charge in [-0.05, 0) is 67.9 Å². The summed E-state index contributed by atoms with van der Waals surface area (Å²) in [4.78, 5) is 28.0. The van der Waals surface area contributed by atoms with E-state index < -0.39 is 0 Å². The maximum atomic E-state index is 12.5. The molecule has 0 bridgehead atoms. The minimum absolute atomic E-state index is 0.0232. The van der Waals surface area contributed by atoms with E-state index in [9.17, 15) is 9.59 Å². The van der Waals surface area contributed by atoms with Gasteiger partial charge in [-0.2, -0.15) is 0 Å². The van der Waals surface area contributed by atoms with Crippen LogP contribution in [-0.4, -0.2) is 23.8 Å². The van der Waals surface area contributed by atoms with Crippen LogP contribution >= 0.6 is 0 Å². The number of nitrogens with one attached hydrogen (secondary N) is 2. The molecule has 0 spiro atoms. The lowest BCUT2D eigenvalue weighted by Gasteiger charge is -2.13. The lowest BCUT2D eigenvalue weighted by atomic mass is 10.1. The van der Waals surface area contributed by atoms with Gasteiger partial charge < -0.3 is 15.4 Å². The van der Waals surface area contributed by atoms with Crippen molar-refractivity contribution in [2.24, 2.45) is 0 Å². The number of carbonyl (C=O) groups excluding carboxylic acids is 2. The molecule has 0 atom stereocenters. The number of benzene rings is 2. The number of Topliss-reactive ketones (excluding diaryl/α,β-unsaturated/α-hetero) is 1. The normalized spacial score (nSPS) is 10.2. The van der Waals surface area contributed by atoms with Crippen LogP contribution in [0, 0.1) is 6.92 Å². The monoisotopic (exact) mass is 375 g/mol. The van der Waals surface area contributed by atoms with E-state index in [1.54, 1.807) is 49.7 Å². The highest BCUT2D eigenvalue weighted by Gasteiger charge is 2.10. The number of amides is 1. The standard InChI is InChI=1S/C22H21N3O3/c1-14-4-9-21(28-3)19(12-14)24-18-10-11-23-20(13-18)22(27)25-17-7-5-16(6-8-17)15(2)26/h4-13H,1-3H3,(H,23,24)(H,25,27). The van der Waals surface area contributed by atoms with E-state index in [0.717, 1.165) is 16.9 Å². The van der Waals surface area contributed by atoms with Crippen LogP contribution in [0.25, 0.3) is 0 Å². The third-order valence-electron chi connectivity index (χ3n) is 4.18. The van der Waals surface area contributed by atoms with Crippen molar-refractivity contribution in [2.45, 2.75) is 13.8 Å². The molecule has 142 valence electrons. The lowest BCUT2D eigenvalue weighted by Crippen LogP contribution is -2.14. The molecule has 0 radical (unpaired) electrons. The van der Waals surface area contributed by atoms with Crippen molar-refractivity contribution >= 4 is 28.8 Å². The topological polar surface area (TPSA) is 80.3 Å². The van der Waals surface area contributed by atoms with Crippen LogP contribution in [0.2, 0.25) is 0 Å². The van der Waals surface area contributed by atoms with Gasteiger partial charge in [0.25, 0.3) is 5.91 Å². The molecule has 2 aromatic carbocycles. The molecule has 2 N–H and O–H groups in total. The first kappa shape index (κ1) is 19.1. The number of methoxy groups -OCH3 is 1. The third-order valence-corrected chi connectivity index (χ3v) is 4.18. The van der Waals surface area contributed by atoms with Crippen molar-refractivity contribution in [1.82, 2.24) is 4.98 Å². The highest BCUT2D eigenvalue weighted by atomic mass is 16.5. The third kappa shape index (κ3) is 4.54. The zero-order valence-electron chi connectivity index (χ0n) is 15.9. The molecule has 1 heterocycles. The second kappa shape index (κ2) is 8.35. The average Bonchev–Trinajstić information content (AvgIpc) is 2.69. The van der Waals surface area contributed by atoms with Gasteiger partial charge in [-0.15, -0.1) is 0 Å². The van der Waals surface area contributed by atoms with Gasteiger partial charge >= 0.3 is 0 Å². The van der Waals surface area contributed by atoms with Crippen molar-refractivity contribution in [2.75, 3.05) is 17.7 Å². The van der Waals surface area contributed by atoms with E-state index in [1.165, 1.54) is 6.92 Å². The molecule has 6 nitrogen and oxygen atoms in total. The Bertz CT molecular complexity index is 1010. The minimum Gasteiger partial charge on any atom is -0.495 e. The Labute approximate surface area is 163 Å². The Balaban J connectivity index is 1.76. The van der Waals surface area contributed by atoms with Crippen molar-refractivity contribution < 1.29 is 14.3 Å². The lowest BCUT2D eigenvalue weighted by molar-refractivity contribution is 0.101. The van der Waals surface area contributed by atoms with Gasteiger partial charge in [-0.1, -0.05) is 6.07 Å². The van der Waals surface area contributed by atoms with Crippen molar-refractivity contribution in [3.63, 3.8) is 0 Å². The molecule has 1 aromatic heterocycles. The molecule has 0 fully saturated rings. The average molecular weight is 375 g/mol. The van der Waals surface area contributed by atoms with Crippen molar-refractivity contribution in [3.05, 3.63) is 77.6 Å². The molecule has 0 aliphatic rings. The van der Waals surface area contributed by atoms with Crippen molar-refractivity contribution in [1.29, 1.82) is 0 Å². The van der Waals surface area contributed by atoms with Crippen LogP contribution in [0.15, 0.2) is 60.8 Å². The molecule has 6 heteroatoms. The molecule has 0 unspecified atom stereocenters. The summed E-state index contributed by atoms with van der Waals surface area (Å²) in [6.45, 7) is 3.49. The number of pyridine rings is 1. The van der Waals surface area contributed by atoms with E-state index in [-0.39, 0.29) is 17.4 Å². The van der Waals surface area contributed by atoms with Gasteiger partial charge in [0, 0.05) is 23.1 Å². The number of ketones is 1. The number of anilines is 3. The second-order valence-corrected chi connectivity index (χ2v) is 6.35. The van der Waals surface area contributed by atoms with Crippen LogP contribution in [0.1, 0.15) is 33.3 Å². The van der Waals surface area contributed by atoms with Crippen LogP contribution in [0.5, 0.6) is 5.75 Å². The second-order valence-electron chi connectivity index (χ2n) is 6.35. The van der Waals surface area contributed by atoms with E-state index in [2.05, 4.69) is 15.6 Å². The Morgan fingerprint density at radius 1 is 0.964 bits per heavy atom. The molecule has 0 aliphatic carbocycles. The summed E-state index contributed by atoms with van der Waals surface area (Å²) in [5, 5.41) is 6.04. The maximum Gasteiger partial charge on any atom is 0.274 e. The summed E-state index contributed by atoms with van der Waals surface area (Å²) in [5.41, 5.74) is 4.07. The zero-order chi connectivity index (χ0) is 20.1. The summed E-state index contributed by atoms with van der Waals surface area (Å²) in [5.74, 6) is 0.347. The smallest absolute Gasteiger partial charge is 0.274 e. The summed E-state index contributed by atoms with van der Waals surface area (Å²) in [6.07, 6.45) is 1.57. The molecule has 1 amide bonds.